The van der Waals surface area contributed by atoms with Crippen LogP contribution < -0.4 is 34.9 Å². The van der Waals surface area contributed by atoms with Crippen LogP contribution in [0.25, 0.3) is 0 Å². The van der Waals surface area contributed by atoms with Crippen molar-refractivity contribution < 1.29 is 40.8 Å². The number of nitrogens with zero attached hydrogens (tertiary/aromatic N) is 7. The lowest BCUT2D eigenvalue weighted by atomic mass is 10.2. The van der Waals surface area contributed by atoms with Crippen LogP contribution in [-0.2, 0) is 21.9 Å². The van der Waals surface area contributed by atoms with Crippen LogP contribution in [0.3, 0.4) is 0 Å². The monoisotopic (exact) mass is 880 g/mol. The minimum absolute atomic E-state index is 0.0268. The molecule has 0 spiro atoms. The number of nitrogens with one attached hydrogen (secondary N) is 3. The highest BCUT2D eigenvalue weighted by Crippen LogP contribution is 2.28. The van der Waals surface area contributed by atoms with E-state index in [1.165, 1.54) is 35.3 Å². The van der Waals surface area contributed by atoms with Crippen LogP contribution in [0, 0.1) is 0 Å². The van der Waals surface area contributed by atoms with E-state index >= 15 is 0 Å². The van der Waals surface area contributed by atoms with Gasteiger partial charge in [0.15, 0.2) is 10.3 Å². The van der Waals surface area contributed by atoms with E-state index in [0.717, 1.165) is 24.3 Å². The van der Waals surface area contributed by atoms with Gasteiger partial charge in [0.1, 0.15) is 36.1 Å². The molecule has 0 aromatic carbocycles. The summed E-state index contributed by atoms with van der Waals surface area (Å²) in [6.07, 6.45) is 3.95. The van der Waals surface area contributed by atoms with Gasteiger partial charge in [0.25, 0.3) is 0 Å². The van der Waals surface area contributed by atoms with E-state index in [-0.39, 0.29) is 36.5 Å². The van der Waals surface area contributed by atoms with Crippen molar-refractivity contribution in [2.24, 2.45) is 0 Å². The first kappa shape index (κ1) is 43.9. The van der Waals surface area contributed by atoms with E-state index in [4.69, 9.17) is 42.8 Å². The van der Waals surface area contributed by atoms with Gasteiger partial charge in [0, 0.05) is 66.7 Å². The van der Waals surface area contributed by atoms with Gasteiger partial charge in [-0.2, -0.15) is 0 Å². The molecule has 18 nitrogen and oxygen atoms in total. The topological polar surface area (TPSA) is 206 Å². The number of alkyl halides is 1. The van der Waals surface area contributed by atoms with Crippen molar-refractivity contribution in [3.05, 3.63) is 46.9 Å². The van der Waals surface area contributed by atoms with Crippen molar-refractivity contribution in [2.45, 2.75) is 116 Å². The van der Waals surface area contributed by atoms with Crippen molar-refractivity contribution >= 4 is 56.7 Å². The SMILES string of the molecule is COc1cc(O[C@H]2CN[C@@H](C)C2)ncn1.[2H]c1nc(NC(=O)OC(C)(C)C)sc1CCl.[2H]c1nc(NC(=O)OC(C)(C)C)sc1CN1C[C@H](Oc2cc(OC)ncn2)C[C@@H]1C. The Hall–Kier alpha value is -4.63. The Morgan fingerprint density at radius 3 is 1.75 bits per heavy atom. The Balaban J connectivity index is 0.000000222. The zero-order chi connectivity index (χ0) is 44.9. The molecule has 324 valence electrons. The molecule has 2 aliphatic rings. The molecule has 0 aliphatic carbocycles. The largest absolute Gasteiger partial charge is 0.481 e. The third kappa shape index (κ3) is 17.2. The van der Waals surface area contributed by atoms with E-state index in [2.05, 4.69) is 64.6 Å². The average molecular weight is 882 g/mol. The maximum absolute atomic E-state index is 11.9. The Morgan fingerprint density at radius 2 is 1.29 bits per heavy atom. The summed E-state index contributed by atoms with van der Waals surface area (Å²) in [7, 11) is 3.12. The second-order valence-corrected chi connectivity index (χ2v) is 17.8. The number of hydrogen-bond donors (Lipinski definition) is 3. The maximum Gasteiger partial charge on any atom is 0.413 e. The van der Waals surface area contributed by atoms with Crippen molar-refractivity contribution in [3.8, 4) is 23.5 Å². The number of rotatable bonds is 11. The molecule has 4 aromatic heterocycles. The molecule has 2 amide bonds. The number of methoxy groups -OCH3 is 2. The quantitative estimate of drug-likeness (QED) is 0.128. The predicted octanol–water partition coefficient (Wildman–Crippen LogP) is 7.17. The summed E-state index contributed by atoms with van der Waals surface area (Å²) in [6.45, 7) is 17.1. The Labute approximate surface area is 360 Å². The zero-order valence-electron chi connectivity index (χ0n) is 37.0. The fraction of sp³-hybridized carbons (Fsp3) is 0.579. The Bertz CT molecular complexity index is 2040. The molecule has 3 N–H and O–H groups in total. The Morgan fingerprint density at radius 1 is 0.797 bits per heavy atom. The molecule has 4 atom stereocenters. The summed E-state index contributed by atoms with van der Waals surface area (Å²) in [6, 6.07) is 4.14. The van der Waals surface area contributed by atoms with Crippen LogP contribution in [0.1, 0.15) is 80.7 Å². The van der Waals surface area contributed by atoms with Crippen LogP contribution in [-0.4, -0.2) is 110 Å². The van der Waals surface area contributed by atoms with E-state index in [1.54, 1.807) is 67.9 Å². The molecule has 0 bridgehead atoms. The summed E-state index contributed by atoms with van der Waals surface area (Å²) < 4.78 is 47.6. The van der Waals surface area contributed by atoms with Gasteiger partial charge in [-0.05, 0) is 55.4 Å². The molecule has 2 aliphatic heterocycles. The molecular weight excluding hydrogens is 824 g/mol. The number of carbonyl (C=O) groups excluding carboxylic acids is 2. The highest BCUT2D eigenvalue weighted by atomic mass is 35.5. The van der Waals surface area contributed by atoms with Gasteiger partial charge in [0.2, 0.25) is 23.5 Å². The predicted molar refractivity (Wildman–Crippen MR) is 226 cm³/mol. The van der Waals surface area contributed by atoms with Crippen molar-refractivity contribution in [3.63, 3.8) is 0 Å². The molecule has 0 unspecified atom stereocenters. The Kier molecular flexibility index (Phi) is 16.5. The lowest BCUT2D eigenvalue weighted by Crippen LogP contribution is -2.27. The van der Waals surface area contributed by atoms with Crippen molar-refractivity contribution in [1.29, 1.82) is 0 Å². The number of anilines is 2. The summed E-state index contributed by atoms with van der Waals surface area (Å²) in [4.78, 5) is 51.0. The fourth-order valence-electron chi connectivity index (χ4n) is 5.42. The highest BCUT2D eigenvalue weighted by Gasteiger charge is 2.31. The van der Waals surface area contributed by atoms with Crippen LogP contribution in [0.15, 0.2) is 37.1 Å². The molecule has 4 aromatic rings. The molecule has 21 heteroatoms. The van der Waals surface area contributed by atoms with Gasteiger partial charge in [-0.25, -0.2) is 39.5 Å². The first-order chi connectivity index (χ1) is 28.7. The number of halogens is 1. The lowest BCUT2D eigenvalue weighted by Gasteiger charge is -2.19. The van der Waals surface area contributed by atoms with Gasteiger partial charge < -0.3 is 33.7 Å². The zero-order valence-corrected chi connectivity index (χ0v) is 37.3. The molecule has 2 saturated heterocycles. The molecular formula is C38H55ClN10O8S2. The van der Waals surface area contributed by atoms with Crippen LogP contribution in [0.5, 0.6) is 23.5 Å². The molecule has 6 heterocycles. The number of carbonyl (C=O) groups is 2. The number of thiazole rings is 2. The van der Waals surface area contributed by atoms with E-state index in [9.17, 15) is 9.59 Å². The number of likely N-dealkylation sites (tertiary alicyclic amines) is 1. The second-order valence-electron chi connectivity index (χ2n) is 15.3. The van der Waals surface area contributed by atoms with Crippen LogP contribution >= 0.6 is 34.3 Å². The first-order valence-electron chi connectivity index (χ1n) is 19.7. The van der Waals surface area contributed by atoms with Gasteiger partial charge in [0.05, 0.1) is 35.0 Å². The second kappa shape index (κ2) is 22.1. The van der Waals surface area contributed by atoms with Crippen LogP contribution in [0.4, 0.5) is 19.9 Å². The minimum Gasteiger partial charge on any atom is -0.481 e. The van der Waals surface area contributed by atoms with E-state index in [1.807, 2.05) is 0 Å². The highest BCUT2D eigenvalue weighted by molar-refractivity contribution is 7.16. The summed E-state index contributed by atoms with van der Waals surface area (Å²) in [5, 5.41) is 9.07. The normalized spacial score (nSPS) is 19.4. The molecule has 0 radical (unpaired) electrons. The van der Waals surface area contributed by atoms with Crippen molar-refractivity contribution in [1.82, 2.24) is 40.1 Å². The van der Waals surface area contributed by atoms with Crippen molar-refractivity contribution in [2.75, 3.05) is 37.9 Å². The molecule has 0 saturated carbocycles. The lowest BCUT2D eigenvalue weighted by molar-refractivity contribution is 0.0624. The number of amides is 2. The molecule has 59 heavy (non-hydrogen) atoms. The standard InChI is InChI=1S/C19H27N5O4S.C10H15N3O2.C9H13ClN2O2S/c1-12-6-13(27-16-7-15(26-5)21-11-22-16)9-24(12)10-14-8-20-17(29-14)23-18(25)28-19(2,3)4;1-7-3-8(5-11-7)15-10-4-9(14-2)12-6-13-10;1-9(2,3)14-8(13)12-7-11-5-6(4-10)15-7/h7-8,11-13H,6,9-10H2,1-5H3,(H,20,23,25);4,6-8,11H,3,5H2,1-2H3;5H,4H2,1-3H3,(H,11,12,13)/t12-,13+;7-,8+;/m00./s1/i8D;;5D. The number of aromatic nitrogens is 6. The van der Waals surface area contributed by atoms with E-state index < -0.39 is 23.4 Å². The number of ether oxygens (including phenoxy) is 6. The third-order valence-electron chi connectivity index (χ3n) is 7.89. The summed E-state index contributed by atoms with van der Waals surface area (Å²) in [5.41, 5.74) is -1.15. The average Bonchev–Trinajstić information content (AvgIpc) is 3.93. The van der Waals surface area contributed by atoms with Gasteiger partial charge >= 0.3 is 12.2 Å². The van der Waals surface area contributed by atoms with Gasteiger partial charge in [-0.15, -0.1) is 34.3 Å². The smallest absolute Gasteiger partial charge is 0.413 e. The maximum atomic E-state index is 11.9. The van der Waals surface area contributed by atoms with Gasteiger partial charge in [-0.1, -0.05) is 0 Å². The van der Waals surface area contributed by atoms with E-state index in [0.29, 0.717) is 57.8 Å². The fourth-order valence-corrected chi connectivity index (χ4v) is 7.03. The van der Waals surface area contributed by atoms with Crippen LogP contribution in [0.2, 0.25) is 0 Å². The summed E-state index contributed by atoms with van der Waals surface area (Å²) >= 11 is 8.05. The minimum atomic E-state index is -0.596. The first-order valence-corrected chi connectivity index (χ1v) is 20.9. The summed E-state index contributed by atoms with van der Waals surface area (Å²) in [5.74, 6) is 2.24. The third-order valence-corrected chi connectivity index (χ3v) is 10.0. The van der Waals surface area contributed by atoms with Gasteiger partial charge in [-0.3, -0.25) is 15.5 Å². The molecule has 6 rings (SSSR count). The molecule has 2 fully saturated rings. The number of hydrogen-bond acceptors (Lipinski definition) is 18.